The second-order valence-corrected chi connectivity index (χ2v) is 9.48. The fourth-order valence-corrected chi connectivity index (χ4v) is 4.78. The van der Waals surface area contributed by atoms with Gasteiger partial charge in [0.2, 0.25) is 11.4 Å². The van der Waals surface area contributed by atoms with Crippen LogP contribution in [0, 0.1) is 13.8 Å². The number of rotatable bonds is 5. The lowest BCUT2D eigenvalue weighted by molar-refractivity contribution is -0.649. The minimum atomic E-state index is 0.450. The Morgan fingerprint density at radius 3 is 1.88 bits per heavy atom. The molecule has 0 atom stereocenters. The predicted molar refractivity (Wildman–Crippen MR) is 135 cm³/mol. The van der Waals surface area contributed by atoms with Gasteiger partial charge in [0.25, 0.3) is 0 Å². The summed E-state index contributed by atoms with van der Waals surface area (Å²) in [5.41, 5.74) is 11.7. The molecule has 164 valence electrons. The van der Waals surface area contributed by atoms with Gasteiger partial charge >= 0.3 is 0 Å². The van der Waals surface area contributed by atoms with E-state index in [2.05, 4.69) is 131 Å². The number of para-hydroxylation sites is 1. The first-order valence-corrected chi connectivity index (χ1v) is 11.7. The summed E-state index contributed by atoms with van der Waals surface area (Å²) in [5, 5.41) is 0. The number of aryl methyl sites for hydroxylation is 2. The van der Waals surface area contributed by atoms with Crippen LogP contribution in [0.4, 0.5) is 0 Å². The summed E-state index contributed by atoms with van der Waals surface area (Å²) >= 11 is 0. The van der Waals surface area contributed by atoms with Crippen LogP contribution in [0.2, 0.25) is 0 Å². The Morgan fingerprint density at radius 2 is 1.25 bits per heavy atom. The number of nitrogens with zero attached hydrogens (tertiary/aromatic N) is 2. The number of aromatic nitrogens is 2. The van der Waals surface area contributed by atoms with Gasteiger partial charge in [-0.15, -0.1) is 0 Å². The number of hydrogen-bond acceptors (Lipinski definition) is 0. The van der Waals surface area contributed by atoms with Crippen LogP contribution in [-0.4, -0.2) is 4.57 Å². The highest BCUT2D eigenvalue weighted by atomic mass is 15.0. The van der Waals surface area contributed by atoms with Gasteiger partial charge in [-0.1, -0.05) is 64.1 Å². The number of pyridine rings is 1. The molecule has 0 aliphatic rings. The van der Waals surface area contributed by atoms with E-state index in [1.165, 1.54) is 50.6 Å². The van der Waals surface area contributed by atoms with E-state index in [9.17, 15) is 0 Å². The maximum Gasteiger partial charge on any atom is 0.230 e. The van der Waals surface area contributed by atoms with Crippen molar-refractivity contribution in [3.8, 4) is 28.3 Å². The molecule has 0 saturated heterocycles. The van der Waals surface area contributed by atoms with Gasteiger partial charge in [-0.2, -0.15) is 4.57 Å². The van der Waals surface area contributed by atoms with E-state index in [4.69, 9.17) is 0 Å². The number of hydrogen-bond donors (Lipinski definition) is 0. The van der Waals surface area contributed by atoms with Gasteiger partial charge in [-0.3, -0.25) is 0 Å². The molecule has 0 radical (unpaired) electrons. The molecule has 0 aliphatic carbocycles. The molecule has 4 rings (SSSR count). The van der Waals surface area contributed by atoms with Crippen molar-refractivity contribution in [1.29, 1.82) is 0 Å². The van der Waals surface area contributed by atoms with E-state index < -0.39 is 0 Å². The van der Waals surface area contributed by atoms with E-state index in [0.717, 1.165) is 0 Å². The lowest BCUT2D eigenvalue weighted by atomic mass is 9.92. The average Bonchev–Trinajstić information content (AvgIpc) is 3.14. The lowest BCUT2D eigenvalue weighted by Gasteiger charge is -2.22. The molecule has 2 aromatic heterocycles. The molecule has 0 aliphatic heterocycles. The Morgan fingerprint density at radius 1 is 0.656 bits per heavy atom. The van der Waals surface area contributed by atoms with E-state index in [-0.39, 0.29) is 0 Å². The van der Waals surface area contributed by atoms with Crippen molar-refractivity contribution in [2.75, 3.05) is 0 Å². The third-order valence-electron chi connectivity index (χ3n) is 6.57. The van der Waals surface area contributed by atoms with Crippen molar-refractivity contribution in [3.63, 3.8) is 0 Å². The summed E-state index contributed by atoms with van der Waals surface area (Å²) in [6.07, 6.45) is 2.25. The van der Waals surface area contributed by atoms with E-state index in [1.807, 2.05) is 0 Å². The Hall–Kier alpha value is -3.13. The molecule has 0 amide bonds. The molecule has 0 N–H and O–H groups in total. The van der Waals surface area contributed by atoms with Gasteiger partial charge in [-0.25, -0.2) is 0 Å². The van der Waals surface area contributed by atoms with Crippen LogP contribution >= 0.6 is 0 Å². The van der Waals surface area contributed by atoms with Crippen molar-refractivity contribution < 1.29 is 4.57 Å². The minimum absolute atomic E-state index is 0.450. The fourth-order valence-electron chi connectivity index (χ4n) is 4.78. The molecule has 0 unspecified atom stereocenters. The summed E-state index contributed by atoms with van der Waals surface area (Å²) in [4.78, 5) is 0. The minimum Gasteiger partial charge on any atom is -0.311 e. The number of benzene rings is 2. The predicted octanol–water partition coefficient (Wildman–Crippen LogP) is 7.50. The third kappa shape index (κ3) is 3.79. The van der Waals surface area contributed by atoms with Crippen LogP contribution in [0.15, 0.2) is 72.9 Å². The molecule has 2 heteroatoms. The average molecular weight is 424 g/mol. The van der Waals surface area contributed by atoms with Gasteiger partial charge in [0.1, 0.15) is 12.7 Å². The molecule has 0 saturated carbocycles. The van der Waals surface area contributed by atoms with Crippen molar-refractivity contribution in [2.24, 2.45) is 7.05 Å². The van der Waals surface area contributed by atoms with Gasteiger partial charge in [0.15, 0.2) is 0 Å². The summed E-state index contributed by atoms with van der Waals surface area (Å²) in [6, 6.07) is 24.3. The van der Waals surface area contributed by atoms with E-state index in [1.54, 1.807) is 0 Å². The first kappa shape index (κ1) is 22.1. The zero-order valence-corrected chi connectivity index (χ0v) is 20.5. The van der Waals surface area contributed by atoms with Gasteiger partial charge in [0, 0.05) is 23.9 Å². The molecule has 2 nitrogen and oxygen atoms in total. The molecule has 4 aromatic rings. The summed E-state index contributed by atoms with van der Waals surface area (Å²) in [5.74, 6) is 0.901. The van der Waals surface area contributed by atoms with Crippen LogP contribution in [0.1, 0.15) is 61.8 Å². The SMILES string of the molecule is Cc1ccccc1-c1cccc(-c2c(C)ccn2-c2c(C(C)C)cccc2C(C)C)[n+]1C. The summed E-state index contributed by atoms with van der Waals surface area (Å²) in [6.45, 7) is 13.6. The van der Waals surface area contributed by atoms with E-state index in [0.29, 0.717) is 11.8 Å². The molecule has 32 heavy (non-hydrogen) atoms. The van der Waals surface area contributed by atoms with Gasteiger partial charge in [-0.05, 0) is 66.1 Å². The monoisotopic (exact) mass is 423 g/mol. The Labute approximate surface area is 193 Å². The van der Waals surface area contributed by atoms with Crippen molar-refractivity contribution in [2.45, 2.75) is 53.4 Å². The Balaban J connectivity index is 2.00. The molecular weight excluding hydrogens is 388 g/mol. The normalized spacial score (nSPS) is 11.5. The summed E-state index contributed by atoms with van der Waals surface area (Å²) < 4.78 is 4.77. The van der Waals surface area contributed by atoms with Crippen LogP contribution < -0.4 is 4.57 Å². The van der Waals surface area contributed by atoms with Crippen molar-refractivity contribution in [3.05, 3.63) is 95.2 Å². The standard InChI is InChI=1S/C30H35N2/c1-20(2)24-14-10-15-25(21(3)4)30(24)32-19-18-23(6)29(32)28-17-11-16-27(31(28)7)26-13-9-8-12-22(26)5/h8-21H,1-7H3/q+1. The fraction of sp³-hybridized carbons (Fsp3) is 0.300. The Kier molecular flexibility index (Phi) is 6.06. The second-order valence-electron chi connectivity index (χ2n) is 9.48. The molecule has 0 bridgehead atoms. The van der Waals surface area contributed by atoms with Gasteiger partial charge in [0.05, 0.1) is 5.69 Å². The van der Waals surface area contributed by atoms with Crippen LogP contribution in [0.3, 0.4) is 0 Å². The Bertz CT molecular complexity index is 1230. The highest BCUT2D eigenvalue weighted by molar-refractivity contribution is 5.67. The van der Waals surface area contributed by atoms with E-state index >= 15 is 0 Å². The van der Waals surface area contributed by atoms with Crippen molar-refractivity contribution >= 4 is 0 Å². The maximum absolute atomic E-state index is 2.43. The van der Waals surface area contributed by atoms with Crippen LogP contribution in [0.25, 0.3) is 28.3 Å². The molecular formula is C30H35N2+. The highest BCUT2D eigenvalue weighted by Gasteiger charge is 2.25. The molecule has 2 heterocycles. The zero-order chi connectivity index (χ0) is 23.0. The first-order chi connectivity index (χ1) is 15.3. The molecule has 0 fully saturated rings. The topological polar surface area (TPSA) is 8.81 Å². The van der Waals surface area contributed by atoms with Gasteiger partial charge < -0.3 is 4.57 Å². The molecule has 0 spiro atoms. The summed E-state index contributed by atoms with van der Waals surface area (Å²) in [7, 11) is 2.19. The van der Waals surface area contributed by atoms with Crippen molar-refractivity contribution in [1.82, 2.24) is 4.57 Å². The highest BCUT2D eigenvalue weighted by Crippen LogP contribution is 2.35. The largest absolute Gasteiger partial charge is 0.311 e. The third-order valence-corrected chi connectivity index (χ3v) is 6.57. The first-order valence-electron chi connectivity index (χ1n) is 11.7. The zero-order valence-electron chi connectivity index (χ0n) is 20.5. The quantitative estimate of drug-likeness (QED) is 0.294. The second kappa shape index (κ2) is 8.78. The smallest absolute Gasteiger partial charge is 0.230 e. The lowest BCUT2D eigenvalue weighted by Crippen LogP contribution is -2.34. The molecule has 2 aromatic carbocycles. The van der Waals surface area contributed by atoms with Crippen LogP contribution in [-0.2, 0) is 7.05 Å². The van der Waals surface area contributed by atoms with Crippen LogP contribution in [0.5, 0.6) is 0 Å². The maximum atomic E-state index is 2.43.